The van der Waals surface area contributed by atoms with E-state index in [4.69, 9.17) is 4.74 Å². The molecule has 1 saturated heterocycles. The Bertz CT molecular complexity index is 1280. The maximum absolute atomic E-state index is 12.8. The van der Waals surface area contributed by atoms with Crippen molar-refractivity contribution in [3.63, 3.8) is 0 Å². The molecule has 4 aromatic rings. The van der Waals surface area contributed by atoms with Crippen LogP contribution >= 0.6 is 0 Å². The molecule has 1 aliphatic rings. The van der Waals surface area contributed by atoms with Gasteiger partial charge in [0.25, 0.3) is 0 Å². The predicted octanol–water partition coefficient (Wildman–Crippen LogP) is 3.95. The van der Waals surface area contributed by atoms with Crippen molar-refractivity contribution in [3.8, 4) is 11.5 Å². The van der Waals surface area contributed by atoms with Crippen molar-refractivity contribution >= 4 is 22.7 Å². The molecule has 0 aliphatic carbocycles. The van der Waals surface area contributed by atoms with Crippen molar-refractivity contribution < 1.29 is 18.3 Å². The third kappa shape index (κ3) is 5.06. The SMILES string of the molecule is COc1cc2c(N3CCN(c4ncc(Cc5ccccc5)cn4)CC3)ncnc2cc1OC(F)F. The Kier molecular flexibility index (Phi) is 6.51. The largest absolute Gasteiger partial charge is 0.493 e. The highest BCUT2D eigenvalue weighted by atomic mass is 19.3. The lowest BCUT2D eigenvalue weighted by Crippen LogP contribution is -2.47. The van der Waals surface area contributed by atoms with Crippen molar-refractivity contribution in [1.29, 1.82) is 0 Å². The standard InChI is InChI=1S/C25H24F2N6O2/c1-34-21-12-19-20(13-22(21)35-24(26)27)30-16-31-23(19)32-7-9-33(10-8-32)25-28-14-18(15-29-25)11-17-5-3-2-4-6-17/h2-6,12-16,24H,7-11H2,1H3. The summed E-state index contributed by atoms with van der Waals surface area (Å²) in [6, 6.07) is 13.3. The molecule has 1 fully saturated rings. The normalized spacial score (nSPS) is 13.9. The zero-order valence-corrected chi connectivity index (χ0v) is 19.1. The number of hydrogen-bond acceptors (Lipinski definition) is 8. The molecule has 8 nitrogen and oxygen atoms in total. The summed E-state index contributed by atoms with van der Waals surface area (Å²) in [5.74, 6) is 1.56. The number of halogens is 2. The third-order valence-electron chi connectivity index (χ3n) is 5.92. The number of methoxy groups -OCH3 is 1. The average molecular weight is 479 g/mol. The molecule has 0 saturated carbocycles. The fourth-order valence-corrected chi connectivity index (χ4v) is 4.20. The molecule has 0 N–H and O–H groups in total. The highest BCUT2D eigenvalue weighted by Gasteiger charge is 2.23. The summed E-state index contributed by atoms with van der Waals surface area (Å²) < 4.78 is 35.4. The fourth-order valence-electron chi connectivity index (χ4n) is 4.20. The molecule has 5 rings (SSSR count). The number of aromatic nitrogens is 4. The van der Waals surface area contributed by atoms with Crippen molar-refractivity contribution in [2.24, 2.45) is 0 Å². The summed E-state index contributed by atoms with van der Waals surface area (Å²) in [4.78, 5) is 22.1. The second kappa shape index (κ2) is 10.0. The molecule has 10 heteroatoms. The summed E-state index contributed by atoms with van der Waals surface area (Å²) >= 11 is 0. The second-order valence-electron chi connectivity index (χ2n) is 8.12. The van der Waals surface area contributed by atoms with E-state index in [1.54, 1.807) is 6.07 Å². The highest BCUT2D eigenvalue weighted by molar-refractivity contribution is 5.92. The van der Waals surface area contributed by atoms with Gasteiger partial charge < -0.3 is 19.3 Å². The molecule has 2 aromatic carbocycles. The van der Waals surface area contributed by atoms with Gasteiger partial charge in [0.2, 0.25) is 5.95 Å². The van der Waals surface area contributed by atoms with Gasteiger partial charge in [0.1, 0.15) is 12.1 Å². The molecule has 0 bridgehead atoms. The Morgan fingerprint density at radius 3 is 2.26 bits per heavy atom. The van der Waals surface area contributed by atoms with Gasteiger partial charge in [-0.2, -0.15) is 8.78 Å². The number of anilines is 2. The van der Waals surface area contributed by atoms with Crippen LogP contribution < -0.4 is 19.3 Å². The molecule has 35 heavy (non-hydrogen) atoms. The minimum atomic E-state index is -2.95. The minimum Gasteiger partial charge on any atom is -0.493 e. The van der Waals surface area contributed by atoms with E-state index in [0.29, 0.717) is 43.0 Å². The first-order valence-electron chi connectivity index (χ1n) is 11.2. The summed E-state index contributed by atoms with van der Waals surface area (Å²) in [6.07, 6.45) is 5.98. The summed E-state index contributed by atoms with van der Waals surface area (Å²) in [5, 5.41) is 0.709. The van der Waals surface area contributed by atoms with Crippen LogP contribution in [0.25, 0.3) is 10.9 Å². The number of piperazine rings is 1. The Hall–Kier alpha value is -4.08. The second-order valence-corrected chi connectivity index (χ2v) is 8.12. The fraction of sp³-hybridized carbons (Fsp3) is 0.280. The van der Waals surface area contributed by atoms with Crippen LogP contribution in [0.2, 0.25) is 0 Å². The molecule has 0 atom stereocenters. The monoisotopic (exact) mass is 478 g/mol. The first kappa shape index (κ1) is 22.7. The van der Waals surface area contributed by atoms with Crippen molar-refractivity contribution in [2.75, 3.05) is 43.1 Å². The van der Waals surface area contributed by atoms with Crippen LogP contribution in [0, 0.1) is 0 Å². The molecule has 0 amide bonds. The van der Waals surface area contributed by atoms with Crippen LogP contribution in [0.15, 0.2) is 61.2 Å². The smallest absolute Gasteiger partial charge is 0.387 e. The Morgan fingerprint density at radius 1 is 0.857 bits per heavy atom. The lowest BCUT2D eigenvalue weighted by Gasteiger charge is -2.35. The van der Waals surface area contributed by atoms with Gasteiger partial charge >= 0.3 is 6.61 Å². The number of rotatable bonds is 7. The molecule has 0 unspecified atom stereocenters. The van der Waals surface area contributed by atoms with Crippen molar-refractivity contribution in [1.82, 2.24) is 19.9 Å². The predicted molar refractivity (Wildman–Crippen MR) is 128 cm³/mol. The van der Waals surface area contributed by atoms with Gasteiger partial charge in [-0.1, -0.05) is 30.3 Å². The van der Waals surface area contributed by atoms with Crippen LogP contribution in [0.1, 0.15) is 11.1 Å². The van der Waals surface area contributed by atoms with E-state index in [1.807, 2.05) is 30.6 Å². The van der Waals surface area contributed by atoms with Gasteiger partial charge in [-0.05, 0) is 17.2 Å². The number of fused-ring (bicyclic) bond motifs is 1. The van der Waals surface area contributed by atoms with Gasteiger partial charge in [-0.15, -0.1) is 0 Å². The number of nitrogens with zero attached hydrogens (tertiary/aromatic N) is 6. The van der Waals surface area contributed by atoms with E-state index in [1.165, 1.54) is 25.1 Å². The Morgan fingerprint density at radius 2 is 1.57 bits per heavy atom. The molecule has 1 aliphatic heterocycles. The molecule has 180 valence electrons. The molecule has 3 heterocycles. The van der Waals surface area contributed by atoms with Crippen LogP contribution in [0.3, 0.4) is 0 Å². The maximum Gasteiger partial charge on any atom is 0.387 e. The molecule has 2 aromatic heterocycles. The quantitative estimate of drug-likeness (QED) is 0.395. The Balaban J connectivity index is 1.29. The van der Waals surface area contributed by atoms with Crippen LogP contribution in [-0.4, -0.2) is 59.8 Å². The van der Waals surface area contributed by atoms with Crippen LogP contribution in [0.4, 0.5) is 20.5 Å². The van der Waals surface area contributed by atoms with E-state index in [-0.39, 0.29) is 11.5 Å². The summed E-state index contributed by atoms with van der Waals surface area (Å²) in [5.41, 5.74) is 2.79. The van der Waals surface area contributed by atoms with Gasteiger partial charge in [0, 0.05) is 56.4 Å². The maximum atomic E-state index is 12.8. The zero-order valence-electron chi connectivity index (χ0n) is 19.1. The van der Waals surface area contributed by atoms with E-state index in [2.05, 4.69) is 46.6 Å². The molecular weight excluding hydrogens is 454 g/mol. The average Bonchev–Trinajstić information content (AvgIpc) is 2.89. The number of benzene rings is 2. The summed E-state index contributed by atoms with van der Waals surface area (Å²) in [7, 11) is 1.41. The van der Waals surface area contributed by atoms with E-state index < -0.39 is 6.61 Å². The number of hydrogen-bond donors (Lipinski definition) is 0. The lowest BCUT2D eigenvalue weighted by molar-refractivity contribution is -0.0511. The van der Waals surface area contributed by atoms with Crippen molar-refractivity contribution in [3.05, 3.63) is 72.3 Å². The van der Waals surface area contributed by atoms with Gasteiger partial charge in [-0.3, -0.25) is 0 Å². The van der Waals surface area contributed by atoms with Gasteiger partial charge in [0.15, 0.2) is 11.5 Å². The van der Waals surface area contributed by atoms with Gasteiger partial charge in [0.05, 0.1) is 12.6 Å². The molecular formula is C25H24F2N6O2. The topological polar surface area (TPSA) is 76.5 Å². The first-order valence-corrected chi connectivity index (χ1v) is 11.2. The highest BCUT2D eigenvalue weighted by Crippen LogP contribution is 2.36. The van der Waals surface area contributed by atoms with Crippen LogP contribution in [0.5, 0.6) is 11.5 Å². The number of ether oxygens (including phenoxy) is 2. The van der Waals surface area contributed by atoms with E-state index in [9.17, 15) is 8.78 Å². The summed E-state index contributed by atoms with van der Waals surface area (Å²) in [6.45, 7) is -0.136. The zero-order chi connectivity index (χ0) is 24.2. The number of alkyl halides is 2. The lowest BCUT2D eigenvalue weighted by atomic mass is 10.1. The molecule has 0 radical (unpaired) electrons. The Labute approximate surface area is 201 Å². The van der Waals surface area contributed by atoms with E-state index >= 15 is 0 Å². The van der Waals surface area contributed by atoms with Gasteiger partial charge in [-0.25, -0.2) is 19.9 Å². The molecule has 0 spiro atoms. The first-order chi connectivity index (χ1) is 17.1. The minimum absolute atomic E-state index is 0.0580. The third-order valence-corrected chi connectivity index (χ3v) is 5.92. The van der Waals surface area contributed by atoms with Crippen LogP contribution in [-0.2, 0) is 6.42 Å². The van der Waals surface area contributed by atoms with E-state index in [0.717, 1.165) is 17.8 Å². The van der Waals surface area contributed by atoms with Crippen molar-refractivity contribution in [2.45, 2.75) is 13.0 Å².